The third-order valence-electron chi connectivity index (χ3n) is 2.35. The summed E-state index contributed by atoms with van der Waals surface area (Å²) < 4.78 is 5.08. The summed E-state index contributed by atoms with van der Waals surface area (Å²) in [5, 5.41) is 3.43. The smallest absolute Gasteiger partial charge is 0.0613 e. The van der Waals surface area contributed by atoms with Gasteiger partial charge in [0.25, 0.3) is 0 Å². The van der Waals surface area contributed by atoms with Gasteiger partial charge in [0.15, 0.2) is 0 Å². The Hall–Kier alpha value is -0.860. The first-order chi connectivity index (χ1) is 7.11. The lowest BCUT2D eigenvalue weighted by Crippen LogP contribution is -2.29. The SMILES string of the molecule is COC[C@@H](C)NCc1cc(C)cc(C)c1. The predicted molar refractivity (Wildman–Crippen MR) is 64.1 cm³/mol. The monoisotopic (exact) mass is 207 g/mol. The molecule has 0 fully saturated rings. The third-order valence-corrected chi connectivity index (χ3v) is 2.35. The largest absolute Gasteiger partial charge is 0.383 e. The van der Waals surface area contributed by atoms with Crippen LogP contribution in [0, 0.1) is 13.8 Å². The van der Waals surface area contributed by atoms with Gasteiger partial charge in [0.1, 0.15) is 0 Å². The molecular formula is C13H21NO. The van der Waals surface area contributed by atoms with Crippen LogP contribution in [-0.2, 0) is 11.3 Å². The normalized spacial score (nSPS) is 12.8. The van der Waals surface area contributed by atoms with Crippen LogP contribution in [0.15, 0.2) is 18.2 Å². The van der Waals surface area contributed by atoms with Gasteiger partial charge in [-0.3, -0.25) is 0 Å². The van der Waals surface area contributed by atoms with Crippen molar-refractivity contribution in [2.24, 2.45) is 0 Å². The van der Waals surface area contributed by atoms with Gasteiger partial charge in [-0.15, -0.1) is 0 Å². The van der Waals surface area contributed by atoms with E-state index in [0.29, 0.717) is 6.04 Å². The van der Waals surface area contributed by atoms with Crippen LogP contribution in [0.5, 0.6) is 0 Å². The summed E-state index contributed by atoms with van der Waals surface area (Å²) in [6, 6.07) is 7.04. The van der Waals surface area contributed by atoms with E-state index < -0.39 is 0 Å². The molecule has 0 amide bonds. The van der Waals surface area contributed by atoms with Crippen LogP contribution in [0.1, 0.15) is 23.6 Å². The van der Waals surface area contributed by atoms with Gasteiger partial charge in [-0.05, 0) is 26.3 Å². The second-order valence-corrected chi connectivity index (χ2v) is 4.23. The van der Waals surface area contributed by atoms with Crippen LogP contribution in [0.4, 0.5) is 0 Å². The average Bonchev–Trinajstić information content (AvgIpc) is 2.14. The molecule has 1 rings (SSSR count). The minimum Gasteiger partial charge on any atom is -0.383 e. The number of rotatable bonds is 5. The van der Waals surface area contributed by atoms with E-state index in [2.05, 4.69) is 44.3 Å². The van der Waals surface area contributed by atoms with Gasteiger partial charge in [-0.2, -0.15) is 0 Å². The molecule has 2 nitrogen and oxygen atoms in total. The highest BCUT2D eigenvalue weighted by atomic mass is 16.5. The molecular weight excluding hydrogens is 186 g/mol. The van der Waals surface area contributed by atoms with Crippen molar-refractivity contribution in [3.05, 3.63) is 34.9 Å². The first-order valence-electron chi connectivity index (χ1n) is 5.41. The number of methoxy groups -OCH3 is 1. The minimum absolute atomic E-state index is 0.399. The number of nitrogens with one attached hydrogen (secondary N) is 1. The highest BCUT2D eigenvalue weighted by Gasteiger charge is 2.01. The van der Waals surface area contributed by atoms with E-state index in [9.17, 15) is 0 Å². The third kappa shape index (κ3) is 4.45. The van der Waals surface area contributed by atoms with Crippen LogP contribution in [0.25, 0.3) is 0 Å². The fourth-order valence-electron chi connectivity index (χ4n) is 1.77. The van der Waals surface area contributed by atoms with Crippen molar-refractivity contribution in [3.8, 4) is 0 Å². The van der Waals surface area contributed by atoms with Crippen LogP contribution in [0.2, 0.25) is 0 Å². The molecule has 1 aromatic carbocycles. The first kappa shape index (κ1) is 12.2. The lowest BCUT2D eigenvalue weighted by atomic mass is 10.1. The van der Waals surface area contributed by atoms with Crippen molar-refractivity contribution in [2.45, 2.75) is 33.4 Å². The van der Waals surface area contributed by atoms with E-state index in [1.54, 1.807) is 7.11 Å². The number of ether oxygens (including phenoxy) is 1. The maximum atomic E-state index is 5.08. The molecule has 0 aromatic heterocycles. The summed E-state index contributed by atoms with van der Waals surface area (Å²) in [5.74, 6) is 0. The Kier molecular flexibility index (Phi) is 4.79. The molecule has 0 heterocycles. The summed E-state index contributed by atoms with van der Waals surface area (Å²) in [5.41, 5.74) is 3.99. The Morgan fingerprint density at radius 3 is 2.33 bits per heavy atom. The Labute approximate surface area is 92.6 Å². The Morgan fingerprint density at radius 2 is 1.80 bits per heavy atom. The first-order valence-corrected chi connectivity index (χ1v) is 5.41. The lowest BCUT2D eigenvalue weighted by molar-refractivity contribution is 0.171. The second-order valence-electron chi connectivity index (χ2n) is 4.23. The van der Waals surface area contributed by atoms with Crippen molar-refractivity contribution in [3.63, 3.8) is 0 Å². The molecule has 84 valence electrons. The van der Waals surface area contributed by atoms with Crippen LogP contribution in [0.3, 0.4) is 0 Å². The standard InChI is InChI=1S/C13H21NO/c1-10-5-11(2)7-13(6-10)8-14-12(3)9-15-4/h5-7,12,14H,8-9H2,1-4H3/t12-/m1/s1. The molecule has 0 radical (unpaired) electrons. The van der Waals surface area contributed by atoms with E-state index in [-0.39, 0.29) is 0 Å². The summed E-state index contributed by atoms with van der Waals surface area (Å²) >= 11 is 0. The van der Waals surface area contributed by atoms with Gasteiger partial charge in [-0.1, -0.05) is 29.3 Å². The number of hydrogen-bond acceptors (Lipinski definition) is 2. The van der Waals surface area contributed by atoms with Crippen molar-refractivity contribution >= 4 is 0 Å². The Balaban J connectivity index is 2.50. The van der Waals surface area contributed by atoms with Gasteiger partial charge < -0.3 is 10.1 Å². The minimum atomic E-state index is 0.399. The molecule has 0 saturated carbocycles. The van der Waals surface area contributed by atoms with E-state index in [1.165, 1.54) is 16.7 Å². The van der Waals surface area contributed by atoms with Crippen molar-refractivity contribution in [1.29, 1.82) is 0 Å². The van der Waals surface area contributed by atoms with Crippen LogP contribution < -0.4 is 5.32 Å². The molecule has 0 spiro atoms. The number of hydrogen-bond donors (Lipinski definition) is 1. The van der Waals surface area contributed by atoms with E-state index >= 15 is 0 Å². The molecule has 2 heteroatoms. The summed E-state index contributed by atoms with van der Waals surface area (Å²) in [4.78, 5) is 0. The van der Waals surface area contributed by atoms with Crippen molar-refractivity contribution in [1.82, 2.24) is 5.32 Å². The zero-order chi connectivity index (χ0) is 11.3. The average molecular weight is 207 g/mol. The van der Waals surface area contributed by atoms with Gasteiger partial charge >= 0.3 is 0 Å². The highest BCUT2D eigenvalue weighted by Crippen LogP contribution is 2.08. The predicted octanol–water partition coefficient (Wildman–Crippen LogP) is 2.43. The van der Waals surface area contributed by atoms with Crippen molar-refractivity contribution in [2.75, 3.05) is 13.7 Å². The Morgan fingerprint density at radius 1 is 1.20 bits per heavy atom. The molecule has 0 bridgehead atoms. The molecule has 0 aliphatic heterocycles. The zero-order valence-electron chi connectivity index (χ0n) is 10.1. The van der Waals surface area contributed by atoms with Crippen LogP contribution >= 0.6 is 0 Å². The van der Waals surface area contributed by atoms with E-state index in [0.717, 1.165) is 13.2 Å². The van der Waals surface area contributed by atoms with Gasteiger partial charge in [0.2, 0.25) is 0 Å². The maximum absolute atomic E-state index is 5.08. The Bertz CT molecular complexity index is 289. The molecule has 0 unspecified atom stereocenters. The fraction of sp³-hybridized carbons (Fsp3) is 0.538. The van der Waals surface area contributed by atoms with Gasteiger partial charge in [-0.25, -0.2) is 0 Å². The zero-order valence-corrected chi connectivity index (χ0v) is 10.1. The maximum Gasteiger partial charge on any atom is 0.0613 e. The molecule has 15 heavy (non-hydrogen) atoms. The van der Waals surface area contributed by atoms with E-state index in [4.69, 9.17) is 4.74 Å². The molecule has 0 aliphatic carbocycles. The van der Waals surface area contributed by atoms with Crippen molar-refractivity contribution < 1.29 is 4.74 Å². The summed E-state index contributed by atoms with van der Waals surface area (Å²) in [7, 11) is 1.73. The molecule has 1 atom stereocenters. The van der Waals surface area contributed by atoms with Gasteiger partial charge in [0, 0.05) is 19.7 Å². The molecule has 1 N–H and O–H groups in total. The second kappa shape index (κ2) is 5.89. The summed E-state index contributed by atoms with van der Waals surface area (Å²) in [6.45, 7) is 8.06. The van der Waals surface area contributed by atoms with E-state index in [1.807, 2.05) is 0 Å². The highest BCUT2D eigenvalue weighted by molar-refractivity contribution is 5.28. The number of benzene rings is 1. The topological polar surface area (TPSA) is 21.3 Å². The molecule has 0 saturated heterocycles. The van der Waals surface area contributed by atoms with Crippen LogP contribution in [-0.4, -0.2) is 19.8 Å². The lowest BCUT2D eigenvalue weighted by Gasteiger charge is -2.13. The van der Waals surface area contributed by atoms with Gasteiger partial charge in [0.05, 0.1) is 6.61 Å². The molecule has 1 aromatic rings. The fourth-order valence-corrected chi connectivity index (χ4v) is 1.77. The number of aryl methyl sites for hydroxylation is 2. The quantitative estimate of drug-likeness (QED) is 0.800. The summed E-state index contributed by atoms with van der Waals surface area (Å²) in [6.07, 6.45) is 0. The molecule has 0 aliphatic rings.